The molecule has 0 N–H and O–H groups in total. The van der Waals surface area contributed by atoms with Crippen LogP contribution in [0.5, 0.6) is 5.75 Å². The van der Waals surface area contributed by atoms with Crippen molar-refractivity contribution in [3.05, 3.63) is 47.3 Å². The van der Waals surface area contributed by atoms with E-state index in [1.807, 2.05) is 6.92 Å². The zero-order chi connectivity index (χ0) is 16.9. The van der Waals surface area contributed by atoms with E-state index in [4.69, 9.17) is 9.26 Å². The van der Waals surface area contributed by atoms with Gasteiger partial charge in [-0.25, -0.2) is 0 Å². The molecule has 2 aromatic rings. The van der Waals surface area contributed by atoms with Gasteiger partial charge in [-0.15, -0.1) is 0 Å². The van der Waals surface area contributed by atoms with E-state index in [1.54, 1.807) is 0 Å². The highest BCUT2D eigenvalue weighted by atomic mass is 16.5. The molecule has 0 amide bonds. The van der Waals surface area contributed by atoms with E-state index in [0.29, 0.717) is 6.04 Å². The lowest BCUT2D eigenvalue weighted by molar-refractivity contribution is 0.160. The van der Waals surface area contributed by atoms with Gasteiger partial charge in [0.05, 0.1) is 17.8 Å². The number of likely N-dealkylation sites (tertiary alicyclic amines) is 1. The molecule has 1 aliphatic rings. The summed E-state index contributed by atoms with van der Waals surface area (Å²) in [7, 11) is 0. The Labute approximate surface area is 144 Å². The third-order valence-corrected chi connectivity index (χ3v) is 4.52. The van der Waals surface area contributed by atoms with Crippen LogP contribution < -0.4 is 4.74 Å². The van der Waals surface area contributed by atoms with Crippen LogP contribution in [0.3, 0.4) is 0 Å². The van der Waals surface area contributed by atoms with Crippen molar-refractivity contribution in [2.24, 2.45) is 0 Å². The summed E-state index contributed by atoms with van der Waals surface area (Å²) in [5.74, 6) is 1.95. The summed E-state index contributed by atoms with van der Waals surface area (Å²) in [6, 6.07) is 10.9. The highest BCUT2D eigenvalue weighted by Crippen LogP contribution is 2.32. The molecule has 0 unspecified atom stereocenters. The molecule has 130 valence electrons. The van der Waals surface area contributed by atoms with Gasteiger partial charge in [0, 0.05) is 12.6 Å². The zero-order valence-corrected chi connectivity index (χ0v) is 15.0. The maximum absolute atomic E-state index is 5.74. The Balaban J connectivity index is 1.72. The number of nitrogens with zero attached hydrogens (tertiary/aromatic N) is 2. The molecule has 1 aliphatic heterocycles. The molecule has 1 atom stereocenters. The highest BCUT2D eigenvalue weighted by Gasteiger charge is 2.25. The largest absolute Gasteiger partial charge is 0.491 e. The second-order valence-corrected chi connectivity index (χ2v) is 7.02. The predicted octanol–water partition coefficient (Wildman–Crippen LogP) is 4.89. The third kappa shape index (κ3) is 4.38. The van der Waals surface area contributed by atoms with Gasteiger partial charge in [-0.05, 0) is 57.9 Å². The average Bonchev–Trinajstić information content (AvgIpc) is 2.84. The molecule has 1 aromatic carbocycles. The van der Waals surface area contributed by atoms with Gasteiger partial charge in [0.1, 0.15) is 5.75 Å². The lowest BCUT2D eigenvalue weighted by atomic mass is 10.1. The van der Waals surface area contributed by atoms with Crippen molar-refractivity contribution in [3.8, 4) is 5.75 Å². The van der Waals surface area contributed by atoms with Crippen molar-refractivity contribution in [3.63, 3.8) is 0 Å². The summed E-state index contributed by atoms with van der Waals surface area (Å²) >= 11 is 0. The van der Waals surface area contributed by atoms with Crippen LogP contribution in [-0.4, -0.2) is 22.7 Å². The highest BCUT2D eigenvalue weighted by molar-refractivity contribution is 5.27. The quantitative estimate of drug-likeness (QED) is 0.783. The first-order valence-corrected chi connectivity index (χ1v) is 9.04. The number of ether oxygens (including phenoxy) is 1. The number of rotatable bonds is 5. The number of aromatic nitrogens is 1. The monoisotopic (exact) mass is 328 g/mol. The van der Waals surface area contributed by atoms with Crippen LogP contribution in [0.4, 0.5) is 0 Å². The Morgan fingerprint density at radius 1 is 1.21 bits per heavy atom. The minimum absolute atomic E-state index is 0.209. The fraction of sp³-hybridized carbons (Fsp3) is 0.550. The van der Waals surface area contributed by atoms with Gasteiger partial charge in [0.25, 0.3) is 0 Å². The van der Waals surface area contributed by atoms with E-state index in [0.717, 1.165) is 36.7 Å². The van der Waals surface area contributed by atoms with Gasteiger partial charge in [0.2, 0.25) is 0 Å². The molecule has 4 heteroatoms. The van der Waals surface area contributed by atoms with Crippen LogP contribution in [0.2, 0.25) is 0 Å². The maximum atomic E-state index is 5.74. The summed E-state index contributed by atoms with van der Waals surface area (Å²) in [6.45, 7) is 8.13. The van der Waals surface area contributed by atoms with Crippen LogP contribution >= 0.6 is 0 Å². The summed E-state index contributed by atoms with van der Waals surface area (Å²) < 4.78 is 11.3. The second-order valence-electron chi connectivity index (χ2n) is 7.02. The number of benzene rings is 1. The van der Waals surface area contributed by atoms with Gasteiger partial charge in [-0.3, -0.25) is 4.90 Å². The molecule has 4 nitrogen and oxygen atoms in total. The van der Waals surface area contributed by atoms with Crippen LogP contribution in [0.15, 0.2) is 34.9 Å². The molecule has 1 saturated heterocycles. The molecule has 24 heavy (non-hydrogen) atoms. The summed E-state index contributed by atoms with van der Waals surface area (Å²) in [5, 5.41) is 4.08. The molecule has 1 aromatic heterocycles. The Kier molecular flexibility index (Phi) is 5.56. The summed E-state index contributed by atoms with van der Waals surface area (Å²) in [4.78, 5) is 2.53. The van der Waals surface area contributed by atoms with Gasteiger partial charge in [-0.1, -0.05) is 30.1 Å². The van der Waals surface area contributed by atoms with Crippen molar-refractivity contribution < 1.29 is 9.26 Å². The fourth-order valence-electron chi connectivity index (χ4n) is 3.40. The normalized spacial score (nSPS) is 19.4. The third-order valence-electron chi connectivity index (χ3n) is 4.52. The number of hydrogen-bond acceptors (Lipinski definition) is 4. The molecule has 0 bridgehead atoms. The van der Waals surface area contributed by atoms with E-state index in [2.05, 4.69) is 54.2 Å². The lowest BCUT2D eigenvalue weighted by Crippen LogP contribution is -2.27. The van der Waals surface area contributed by atoms with E-state index < -0.39 is 0 Å². The first kappa shape index (κ1) is 17.0. The molecule has 0 radical (unpaired) electrons. The average molecular weight is 328 g/mol. The van der Waals surface area contributed by atoms with E-state index in [9.17, 15) is 0 Å². The van der Waals surface area contributed by atoms with Gasteiger partial charge < -0.3 is 9.26 Å². The van der Waals surface area contributed by atoms with Crippen molar-refractivity contribution in [2.45, 2.75) is 65.1 Å². The summed E-state index contributed by atoms with van der Waals surface area (Å²) in [5.41, 5.74) is 2.28. The maximum Gasteiger partial charge on any atom is 0.154 e. The van der Waals surface area contributed by atoms with Crippen LogP contribution in [0.1, 0.15) is 62.6 Å². The second kappa shape index (κ2) is 7.84. The minimum atomic E-state index is 0.209. The molecule has 0 spiro atoms. The van der Waals surface area contributed by atoms with E-state index >= 15 is 0 Å². The van der Waals surface area contributed by atoms with Crippen molar-refractivity contribution in [1.29, 1.82) is 0 Å². The Morgan fingerprint density at radius 3 is 2.67 bits per heavy atom. The molecule has 1 fully saturated rings. The number of hydrogen-bond donors (Lipinski definition) is 0. The van der Waals surface area contributed by atoms with Crippen LogP contribution in [0.25, 0.3) is 0 Å². The lowest BCUT2D eigenvalue weighted by Gasteiger charge is -2.28. The molecular formula is C20H28N2O2. The summed E-state index contributed by atoms with van der Waals surface area (Å²) in [6.07, 6.45) is 5.14. The molecule has 0 saturated carbocycles. The standard InChI is InChI=1S/C20H28N2O2/c1-15(2)23-18-10-8-17(9-11-18)14-22-12-6-4-5-7-19(22)20-13-16(3)21-24-20/h8-11,13,15,19H,4-7,12,14H2,1-3H3/t19-/m1/s1. The number of aryl methyl sites for hydroxylation is 1. The molecular weight excluding hydrogens is 300 g/mol. The first-order chi connectivity index (χ1) is 11.6. The predicted molar refractivity (Wildman–Crippen MR) is 95.1 cm³/mol. The van der Waals surface area contributed by atoms with Crippen molar-refractivity contribution in [1.82, 2.24) is 10.1 Å². The van der Waals surface area contributed by atoms with Gasteiger partial charge in [0.15, 0.2) is 5.76 Å². The zero-order valence-electron chi connectivity index (χ0n) is 15.0. The van der Waals surface area contributed by atoms with Crippen LogP contribution in [0, 0.1) is 6.92 Å². The molecule has 0 aliphatic carbocycles. The molecule has 3 rings (SSSR count). The SMILES string of the molecule is Cc1cc([C@H]2CCCCCN2Cc2ccc(OC(C)C)cc2)on1. The first-order valence-electron chi connectivity index (χ1n) is 9.04. The molecule has 2 heterocycles. The van der Waals surface area contributed by atoms with Gasteiger partial charge >= 0.3 is 0 Å². The smallest absolute Gasteiger partial charge is 0.154 e. The van der Waals surface area contributed by atoms with Crippen LogP contribution in [-0.2, 0) is 6.54 Å². The van der Waals surface area contributed by atoms with E-state index in [-0.39, 0.29) is 6.10 Å². The van der Waals surface area contributed by atoms with Crippen molar-refractivity contribution in [2.75, 3.05) is 6.54 Å². The minimum Gasteiger partial charge on any atom is -0.491 e. The van der Waals surface area contributed by atoms with Crippen molar-refractivity contribution >= 4 is 0 Å². The van der Waals surface area contributed by atoms with Gasteiger partial charge in [-0.2, -0.15) is 0 Å². The van der Waals surface area contributed by atoms with E-state index in [1.165, 1.54) is 24.8 Å². The Bertz CT molecular complexity index is 633. The Hall–Kier alpha value is -1.81. The topological polar surface area (TPSA) is 38.5 Å². The fourth-order valence-corrected chi connectivity index (χ4v) is 3.40. The Morgan fingerprint density at radius 2 is 2.00 bits per heavy atom.